The van der Waals surface area contributed by atoms with Crippen LogP contribution in [0.25, 0.3) is 22.6 Å². The summed E-state index contributed by atoms with van der Waals surface area (Å²) in [5.74, 6) is -0.422. The summed E-state index contributed by atoms with van der Waals surface area (Å²) in [6.07, 6.45) is 0. The Morgan fingerprint density at radius 2 is 1.88 bits per heavy atom. The lowest BCUT2D eigenvalue weighted by atomic mass is 10.2. The van der Waals surface area contributed by atoms with Gasteiger partial charge in [0, 0.05) is 21.8 Å². The predicted molar refractivity (Wildman–Crippen MR) is 98.8 cm³/mol. The summed E-state index contributed by atoms with van der Waals surface area (Å²) in [7, 11) is 0. The van der Waals surface area contributed by atoms with E-state index in [2.05, 4.69) is 10.3 Å². The van der Waals surface area contributed by atoms with Gasteiger partial charge in [-0.15, -0.1) is 0 Å². The monoisotopic (exact) mass is 366 g/mol. The Morgan fingerprint density at radius 1 is 1.04 bits per heavy atom. The van der Waals surface area contributed by atoms with Gasteiger partial charge >= 0.3 is 0 Å². The second-order valence-corrected chi connectivity index (χ2v) is 6.11. The van der Waals surface area contributed by atoms with E-state index < -0.39 is 11.7 Å². The third-order valence-corrected chi connectivity index (χ3v) is 4.04. The molecular weight excluding hydrogens is 355 g/mol. The van der Waals surface area contributed by atoms with Crippen molar-refractivity contribution >= 4 is 34.3 Å². The van der Waals surface area contributed by atoms with Gasteiger partial charge in [-0.05, 0) is 54.6 Å². The van der Waals surface area contributed by atoms with Crippen LogP contribution in [-0.2, 0) is 0 Å². The van der Waals surface area contributed by atoms with Gasteiger partial charge in [-0.2, -0.15) is 0 Å². The number of benzene rings is 3. The maximum atomic E-state index is 13.3. The predicted octanol–water partition coefficient (Wildman–Crippen LogP) is 5.54. The standard InChI is InChI=1S/C20H12ClFN2O2/c21-14-5-1-4-13(9-14)20-24-17-11-16(7-8-18(17)26-20)23-19(25)12-3-2-6-15(22)10-12/h1-11H,(H,23,25). The van der Waals surface area contributed by atoms with Crippen LogP contribution in [0.4, 0.5) is 10.1 Å². The second kappa shape index (κ2) is 6.61. The van der Waals surface area contributed by atoms with Crippen LogP contribution in [0.15, 0.2) is 71.1 Å². The molecule has 0 spiro atoms. The van der Waals surface area contributed by atoms with E-state index in [9.17, 15) is 9.18 Å². The lowest BCUT2D eigenvalue weighted by molar-refractivity contribution is 0.102. The lowest BCUT2D eigenvalue weighted by Gasteiger charge is -2.04. The van der Waals surface area contributed by atoms with Crippen LogP contribution in [0.2, 0.25) is 5.02 Å². The minimum Gasteiger partial charge on any atom is -0.436 e. The molecule has 4 nitrogen and oxygen atoms in total. The van der Waals surface area contributed by atoms with Crippen molar-refractivity contribution in [1.29, 1.82) is 0 Å². The topological polar surface area (TPSA) is 55.1 Å². The van der Waals surface area contributed by atoms with Gasteiger partial charge in [-0.1, -0.05) is 23.7 Å². The number of fused-ring (bicyclic) bond motifs is 1. The maximum absolute atomic E-state index is 13.3. The average molecular weight is 367 g/mol. The summed E-state index contributed by atoms with van der Waals surface area (Å²) in [6.45, 7) is 0. The van der Waals surface area contributed by atoms with E-state index in [0.717, 1.165) is 5.56 Å². The van der Waals surface area contributed by atoms with Crippen molar-refractivity contribution in [3.63, 3.8) is 0 Å². The fourth-order valence-electron chi connectivity index (χ4n) is 2.58. The summed E-state index contributed by atoms with van der Waals surface area (Å²) in [5, 5.41) is 3.32. The molecule has 3 aromatic carbocycles. The fourth-order valence-corrected chi connectivity index (χ4v) is 2.77. The van der Waals surface area contributed by atoms with Crippen molar-refractivity contribution in [2.45, 2.75) is 0 Å². The lowest BCUT2D eigenvalue weighted by Crippen LogP contribution is -2.11. The summed E-state index contributed by atoms with van der Waals surface area (Å²) in [5.41, 5.74) is 2.72. The van der Waals surface area contributed by atoms with Crippen molar-refractivity contribution in [3.8, 4) is 11.5 Å². The highest BCUT2D eigenvalue weighted by Gasteiger charge is 2.11. The molecule has 0 unspecified atom stereocenters. The van der Waals surface area contributed by atoms with E-state index in [1.807, 2.05) is 12.1 Å². The molecule has 26 heavy (non-hydrogen) atoms. The summed E-state index contributed by atoms with van der Waals surface area (Å²) >= 11 is 6.00. The van der Waals surface area contributed by atoms with E-state index >= 15 is 0 Å². The van der Waals surface area contributed by atoms with E-state index in [-0.39, 0.29) is 5.56 Å². The number of carbonyl (C=O) groups is 1. The average Bonchev–Trinajstić information content (AvgIpc) is 3.05. The van der Waals surface area contributed by atoms with E-state index in [4.69, 9.17) is 16.0 Å². The van der Waals surface area contributed by atoms with Crippen LogP contribution >= 0.6 is 11.6 Å². The first-order chi connectivity index (χ1) is 12.6. The number of aromatic nitrogens is 1. The third kappa shape index (κ3) is 3.30. The molecule has 4 aromatic rings. The number of rotatable bonds is 3. The van der Waals surface area contributed by atoms with E-state index in [1.54, 1.807) is 36.4 Å². The number of oxazole rings is 1. The summed E-state index contributed by atoms with van der Waals surface area (Å²) in [4.78, 5) is 16.7. The number of nitrogens with zero attached hydrogens (tertiary/aromatic N) is 1. The number of carbonyl (C=O) groups excluding carboxylic acids is 1. The van der Waals surface area contributed by atoms with Gasteiger partial charge in [0.1, 0.15) is 11.3 Å². The molecule has 0 radical (unpaired) electrons. The number of halogens is 2. The van der Waals surface area contributed by atoms with Crippen LogP contribution in [-0.4, -0.2) is 10.9 Å². The highest BCUT2D eigenvalue weighted by Crippen LogP contribution is 2.27. The van der Waals surface area contributed by atoms with Crippen molar-refractivity contribution in [1.82, 2.24) is 4.98 Å². The summed E-state index contributed by atoms with van der Waals surface area (Å²) < 4.78 is 19.0. The normalized spacial score (nSPS) is 10.8. The van der Waals surface area contributed by atoms with E-state index in [1.165, 1.54) is 18.2 Å². The van der Waals surface area contributed by atoms with Gasteiger partial charge in [0.25, 0.3) is 5.91 Å². The first-order valence-corrected chi connectivity index (χ1v) is 8.20. The molecule has 1 heterocycles. The molecule has 4 rings (SSSR count). The Kier molecular flexibility index (Phi) is 4.14. The molecule has 128 valence electrons. The smallest absolute Gasteiger partial charge is 0.255 e. The SMILES string of the molecule is O=C(Nc1ccc2oc(-c3cccc(Cl)c3)nc2c1)c1cccc(F)c1. The zero-order valence-electron chi connectivity index (χ0n) is 13.4. The number of anilines is 1. The van der Waals surface area contributed by atoms with Crippen LogP contribution in [0.5, 0.6) is 0 Å². The molecule has 0 fully saturated rings. The first kappa shape index (κ1) is 16.3. The van der Waals surface area contributed by atoms with Crippen molar-refractivity contribution in [3.05, 3.63) is 83.1 Å². The molecule has 6 heteroatoms. The first-order valence-electron chi connectivity index (χ1n) is 7.82. The van der Waals surface area contributed by atoms with Crippen LogP contribution in [0, 0.1) is 5.82 Å². The number of nitrogens with one attached hydrogen (secondary N) is 1. The zero-order chi connectivity index (χ0) is 18.1. The highest BCUT2D eigenvalue weighted by atomic mass is 35.5. The van der Waals surface area contributed by atoms with Gasteiger partial charge in [0.2, 0.25) is 5.89 Å². The Hall–Kier alpha value is -3.18. The molecule has 0 bridgehead atoms. The molecule has 1 amide bonds. The summed E-state index contributed by atoms with van der Waals surface area (Å²) in [6, 6.07) is 17.8. The maximum Gasteiger partial charge on any atom is 0.255 e. The number of amides is 1. The minimum absolute atomic E-state index is 0.241. The molecule has 0 aliphatic rings. The zero-order valence-corrected chi connectivity index (χ0v) is 14.1. The molecule has 0 aliphatic carbocycles. The highest BCUT2D eigenvalue weighted by molar-refractivity contribution is 6.30. The van der Waals surface area contributed by atoms with Crippen LogP contribution in [0.3, 0.4) is 0 Å². The van der Waals surface area contributed by atoms with Crippen LogP contribution < -0.4 is 5.32 Å². The fraction of sp³-hybridized carbons (Fsp3) is 0. The van der Waals surface area contributed by atoms with Gasteiger partial charge in [-0.3, -0.25) is 4.79 Å². The minimum atomic E-state index is -0.462. The van der Waals surface area contributed by atoms with Crippen molar-refractivity contribution in [2.24, 2.45) is 0 Å². The van der Waals surface area contributed by atoms with Crippen molar-refractivity contribution < 1.29 is 13.6 Å². The third-order valence-electron chi connectivity index (χ3n) is 3.80. The molecule has 0 aliphatic heterocycles. The Labute approximate surface area is 153 Å². The Bertz CT molecular complexity index is 1120. The Balaban J connectivity index is 1.62. The molecule has 1 aromatic heterocycles. The molecular formula is C20H12ClFN2O2. The number of hydrogen-bond donors (Lipinski definition) is 1. The van der Waals surface area contributed by atoms with Gasteiger partial charge < -0.3 is 9.73 Å². The molecule has 0 saturated heterocycles. The molecule has 1 N–H and O–H groups in total. The van der Waals surface area contributed by atoms with Gasteiger partial charge in [0.15, 0.2) is 5.58 Å². The largest absolute Gasteiger partial charge is 0.436 e. The quantitative estimate of drug-likeness (QED) is 0.518. The second-order valence-electron chi connectivity index (χ2n) is 5.68. The molecule has 0 atom stereocenters. The number of hydrogen-bond acceptors (Lipinski definition) is 3. The molecule has 0 saturated carbocycles. The van der Waals surface area contributed by atoms with Gasteiger partial charge in [-0.25, -0.2) is 9.37 Å². The Morgan fingerprint density at radius 3 is 2.69 bits per heavy atom. The van der Waals surface area contributed by atoms with E-state index in [0.29, 0.717) is 27.7 Å². The van der Waals surface area contributed by atoms with Crippen LogP contribution in [0.1, 0.15) is 10.4 Å². The van der Waals surface area contributed by atoms with Crippen molar-refractivity contribution in [2.75, 3.05) is 5.32 Å². The van der Waals surface area contributed by atoms with Gasteiger partial charge in [0.05, 0.1) is 0 Å².